The van der Waals surface area contributed by atoms with Gasteiger partial charge in [-0.25, -0.2) is 0 Å². The summed E-state index contributed by atoms with van der Waals surface area (Å²) in [5.74, 6) is 1.86. The van der Waals surface area contributed by atoms with E-state index in [1.807, 2.05) is 7.05 Å². The molecule has 2 unspecified atom stereocenters. The second-order valence-electron chi connectivity index (χ2n) is 8.33. The molecule has 0 aromatic carbocycles. The van der Waals surface area contributed by atoms with Crippen LogP contribution in [-0.4, -0.2) is 63.0 Å². The molecule has 2 saturated heterocycles. The molecule has 2 heterocycles. The van der Waals surface area contributed by atoms with E-state index < -0.39 is 0 Å². The molecule has 0 aromatic heterocycles. The van der Waals surface area contributed by atoms with E-state index in [-0.39, 0.29) is 24.0 Å². The summed E-state index contributed by atoms with van der Waals surface area (Å²) in [4.78, 5) is 6.86. The maximum absolute atomic E-state index is 6.11. The minimum Gasteiger partial charge on any atom is -0.376 e. The molecule has 146 valence electrons. The van der Waals surface area contributed by atoms with Crippen molar-refractivity contribution < 1.29 is 9.47 Å². The van der Waals surface area contributed by atoms with E-state index >= 15 is 0 Å². The van der Waals surface area contributed by atoms with Crippen LogP contribution in [-0.2, 0) is 9.47 Å². The standard InChI is InChI=1S/C19H35N3O2.HI/c1-19(2)12-15(19)13-21-18(20-3)22-9-7-16(8-10-22)24-14-17-6-4-5-11-23-17;/h15-17H,4-14H2,1-3H3,(H,20,21);1H. The Balaban J connectivity index is 0.00000225. The van der Waals surface area contributed by atoms with Crippen LogP contribution in [0.5, 0.6) is 0 Å². The molecule has 1 saturated carbocycles. The van der Waals surface area contributed by atoms with Crippen molar-refractivity contribution in [1.82, 2.24) is 10.2 Å². The Morgan fingerprint density at radius 2 is 1.96 bits per heavy atom. The summed E-state index contributed by atoms with van der Waals surface area (Å²) in [7, 11) is 1.89. The van der Waals surface area contributed by atoms with Gasteiger partial charge < -0.3 is 19.7 Å². The number of halogens is 1. The first-order valence-corrected chi connectivity index (χ1v) is 9.77. The third-order valence-electron chi connectivity index (χ3n) is 5.97. The van der Waals surface area contributed by atoms with Crippen molar-refractivity contribution >= 4 is 29.9 Å². The summed E-state index contributed by atoms with van der Waals surface area (Å²) in [5.41, 5.74) is 0.522. The van der Waals surface area contributed by atoms with Gasteiger partial charge in [0.05, 0.1) is 18.8 Å². The summed E-state index contributed by atoms with van der Waals surface area (Å²) >= 11 is 0. The number of guanidine groups is 1. The third kappa shape index (κ3) is 6.24. The molecule has 3 aliphatic rings. The van der Waals surface area contributed by atoms with E-state index in [1.165, 1.54) is 19.3 Å². The molecule has 2 aliphatic heterocycles. The Labute approximate surface area is 170 Å². The van der Waals surface area contributed by atoms with E-state index in [4.69, 9.17) is 9.47 Å². The van der Waals surface area contributed by atoms with Gasteiger partial charge in [-0.3, -0.25) is 4.99 Å². The maximum Gasteiger partial charge on any atom is 0.193 e. The summed E-state index contributed by atoms with van der Waals surface area (Å²) in [6, 6.07) is 0. The van der Waals surface area contributed by atoms with Gasteiger partial charge in [-0.15, -0.1) is 24.0 Å². The van der Waals surface area contributed by atoms with Gasteiger partial charge in [0.15, 0.2) is 5.96 Å². The number of piperidine rings is 1. The van der Waals surface area contributed by atoms with Crippen LogP contribution in [0.1, 0.15) is 52.4 Å². The van der Waals surface area contributed by atoms with Gasteiger partial charge in [0.2, 0.25) is 0 Å². The number of rotatable bonds is 5. The van der Waals surface area contributed by atoms with Gasteiger partial charge >= 0.3 is 0 Å². The Morgan fingerprint density at radius 1 is 1.24 bits per heavy atom. The first-order valence-electron chi connectivity index (χ1n) is 9.77. The molecule has 0 bridgehead atoms. The molecule has 0 amide bonds. The first kappa shape index (κ1) is 21.2. The molecule has 5 nitrogen and oxygen atoms in total. The lowest BCUT2D eigenvalue weighted by Gasteiger charge is -2.35. The second kappa shape index (κ2) is 9.74. The molecule has 0 radical (unpaired) electrons. The molecule has 1 aliphatic carbocycles. The third-order valence-corrected chi connectivity index (χ3v) is 5.97. The topological polar surface area (TPSA) is 46.1 Å². The van der Waals surface area contributed by atoms with Crippen LogP contribution in [0, 0.1) is 11.3 Å². The molecular formula is C19H36IN3O2. The quantitative estimate of drug-likeness (QED) is 0.385. The second-order valence-corrected chi connectivity index (χ2v) is 8.33. The highest BCUT2D eigenvalue weighted by Gasteiger charge is 2.45. The molecule has 0 aromatic rings. The fourth-order valence-corrected chi connectivity index (χ4v) is 3.89. The number of nitrogens with one attached hydrogen (secondary N) is 1. The Kier molecular flexibility index (Phi) is 8.27. The smallest absolute Gasteiger partial charge is 0.193 e. The minimum atomic E-state index is 0. The normalized spacial score (nSPS) is 29.9. The highest BCUT2D eigenvalue weighted by molar-refractivity contribution is 14.0. The number of likely N-dealkylation sites (tertiary alicyclic amines) is 1. The highest BCUT2D eigenvalue weighted by Crippen LogP contribution is 2.50. The molecule has 3 fully saturated rings. The Morgan fingerprint density at radius 3 is 2.52 bits per heavy atom. The van der Waals surface area contributed by atoms with Gasteiger partial charge in [-0.2, -0.15) is 0 Å². The first-order chi connectivity index (χ1) is 11.6. The van der Waals surface area contributed by atoms with Crippen molar-refractivity contribution in [1.29, 1.82) is 0 Å². The Hall–Kier alpha value is -0.0800. The van der Waals surface area contributed by atoms with Crippen LogP contribution in [0.25, 0.3) is 0 Å². The lowest BCUT2D eigenvalue weighted by Crippen LogP contribution is -2.47. The largest absolute Gasteiger partial charge is 0.376 e. The lowest BCUT2D eigenvalue weighted by atomic mass is 10.1. The number of aliphatic imine (C=N–C) groups is 1. The van der Waals surface area contributed by atoms with Crippen LogP contribution in [0.2, 0.25) is 0 Å². The summed E-state index contributed by atoms with van der Waals surface area (Å²) in [5, 5.41) is 3.57. The monoisotopic (exact) mass is 465 g/mol. The average Bonchev–Trinajstić information content (AvgIpc) is 3.22. The minimum absolute atomic E-state index is 0. The van der Waals surface area contributed by atoms with Gasteiger partial charge in [-0.05, 0) is 49.9 Å². The van der Waals surface area contributed by atoms with Crippen molar-refractivity contribution in [2.24, 2.45) is 16.3 Å². The van der Waals surface area contributed by atoms with E-state index in [1.54, 1.807) is 0 Å². The molecule has 2 atom stereocenters. The zero-order valence-corrected chi connectivity index (χ0v) is 18.5. The average molecular weight is 465 g/mol. The Bertz CT molecular complexity index is 430. The number of hydrogen-bond donors (Lipinski definition) is 1. The van der Waals surface area contributed by atoms with Crippen LogP contribution in [0.4, 0.5) is 0 Å². The molecule has 25 heavy (non-hydrogen) atoms. The van der Waals surface area contributed by atoms with Gasteiger partial charge in [0.25, 0.3) is 0 Å². The van der Waals surface area contributed by atoms with Crippen LogP contribution < -0.4 is 5.32 Å². The molecule has 3 rings (SSSR count). The SMILES string of the molecule is CN=C(NCC1CC1(C)C)N1CCC(OCC2CCCCO2)CC1.I. The van der Waals surface area contributed by atoms with Crippen molar-refractivity contribution in [3.8, 4) is 0 Å². The molecule has 6 heteroatoms. The van der Waals surface area contributed by atoms with Crippen molar-refractivity contribution in [3.05, 3.63) is 0 Å². The van der Waals surface area contributed by atoms with Crippen molar-refractivity contribution in [3.63, 3.8) is 0 Å². The zero-order chi connectivity index (χ0) is 17.0. The van der Waals surface area contributed by atoms with Gasteiger partial charge in [-0.1, -0.05) is 13.8 Å². The van der Waals surface area contributed by atoms with Crippen molar-refractivity contribution in [2.45, 2.75) is 64.6 Å². The van der Waals surface area contributed by atoms with Crippen LogP contribution >= 0.6 is 24.0 Å². The molecule has 0 spiro atoms. The lowest BCUT2D eigenvalue weighted by molar-refractivity contribution is -0.0721. The molecule has 1 N–H and O–H groups in total. The fourth-order valence-electron chi connectivity index (χ4n) is 3.89. The number of nitrogens with zero attached hydrogens (tertiary/aromatic N) is 2. The summed E-state index contributed by atoms with van der Waals surface area (Å²) in [6.07, 6.45) is 7.86. The van der Waals surface area contributed by atoms with Gasteiger partial charge in [0.1, 0.15) is 0 Å². The number of hydrogen-bond acceptors (Lipinski definition) is 3. The van der Waals surface area contributed by atoms with E-state index in [0.29, 0.717) is 17.6 Å². The summed E-state index contributed by atoms with van der Waals surface area (Å²) < 4.78 is 11.9. The van der Waals surface area contributed by atoms with E-state index in [2.05, 4.69) is 29.1 Å². The van der Waals surface area contributed by atoms with E-state index in [0.717, 1.165) is 64.0 Å². The van der Waals surface area contributed by atoms with Crippen molar-refractivity contribution in [2.75, 3.05) is 39.9 Å². The zero-order valence-electron chi connectivity index (χ0n) is 16.1. The maximum atomic E-state index is 6.11. The van der Waals surface area contributed by atoms with Crippen LogP contribution in [0.15, 0.2) is 4.99 Å². The highest BCUT2D eigenvalue weighted by atomic mass is 127. The van der Waals surface area contributed by atoms with Gasteiger partial charge in [0, 0.05) is 33.3 Å². The predicted molar refractivity (Wildman–Crippen MR) is 113 cm³/mol. The molecular weight excluding hydrogens is 429 g/mol. The fraction of sp³-hybridized carbons (Fsp3) is 0.947. The van der Waals surface area contributed by atoms with E-state index in [9.17, 15) is 0 Å². The summed E-state index contributed by atoms with van der Waals surface area (Å²) in [6.45, 7) is 9.49. The predicted octanol–water partition coefficient (Wildman–Crippen LogP) is 3.28. The number of ether oxygens (including phenoxy) is 2. The van der Waals surface area contributed by atoms with Crippen LogP contribution in [0.3, 0.4) is 0 Å².